The van der Waals surface area contributed by atoms with Gasteiger partial charge >= 0.3 is 0 Å². The van der Waals surface area contributed by atoms with Crippen molar-refractivity contribution >= 4 is 17.5 Å². The molecule has 1 aliphatic heterocycles. The van der Waals surface area contributed by atoms with Crippen molar-refractivity contribution in [2.75, 3.05) is 19.0 Å². The minimum atomic E-state index is 0.0363. The van der Waals surface area contributed by atoms with Gasteiger partial charge in [-0.2, -0.15) is 0 Å². The molecule has 6 nitrogen and oxygen atoms in total. The van der Waals surface area contributed by atoms with E-state index >= 15 is 0 Å². The van der Waals surface area contributed by atoms with Gasteiger partial charge in [-0.05, 0) is 36.6 Å². The smallest absolute Gasteiger partial charge is 0.191 e. The topological polar surface area (TPSA) is 66.2 Å². The van der Waals surface area contributed by atoms with Gasteiger partial charge in [0.1, 0.15) is 19.0 Å². The second-order valence-corrected chi connectivity index (χ2v) is 8.20. The number of hydrogen-bond acceptors (Lipinski definition) is 6. The fourth-order valence-electron chi connectivity index (χ4n) is 3.40. The Morgan fingerprint density at radius 3 is 2.62 bits per heavy atom. The summed E-state index contributed by atoms with van der Waals surface area (Å²) in [6.07, 6.45) is 2.32. The van der Waals surface area contributed by atoms with Crippen molar-refractivity contribution in [3.63, 3.8) is 0 Å². The number of carbonyl (C=O) groups is 1. The zero-order valence-corrected chi connectivity index (χ0v) is 16.7. The number of fused-ring (bicyclic) bond motifs is 1. The third-order valence-electron chi connectivity index (χ3n) is 5.07. The summed E-state index contributed by atoms with van der Waals surface area (Å²) in [5.41, 5.74) is 1.83. The lowest BCUT2D eigenvalue weighted by molar-refractivity contribution is 0.102. The Labute approximate surface area is 173 Å². The SMILES string of the molecule is O=C(CSc1nnc(C2CC2)n1Cc1ccccc1)c1ccc2c(c1)OCCO2. The van der Waals surface area contributed by atoms with E-state index in [1.807, 2.05) is 18.2 Å². The van der Waals surface area contributed by atoms with Crippen molar-refractivity contribution in [2.45, 2.75) is 30.5 Å². The lowest BCUT2D eigenvalue weighted by Gasteiger charge is -2.18. The van der Waals surface area contributed by atoms with E-state index in [4.69, 9.17) is 9.47 Å². The number of thioether (sulfide) groups is 1. The zero-order valence-electron chi connectivity index (χ0n) is 15.9. The van der Waals surface area contributed by atoms with Crippen molar-refractivity contribution in [1.82, 2.24) is 14.8 Å². The van der Waals surface area contributed by atoms with Gasteiger partial charge in [-0.1, -0.05) is 42.1 Å². The highest BCUT2D eigenvalue weighted by Crippen LogP contribution is 2.40. The molecule has 7 heteroatoms. The van der Waals surface area contributed by atoms with Crippen LogP contribution in [-0.4, -0.2) is 39.5 Å². The number of ether oxygens (including phenoxy) is 2. The summed E-state index contributed by atoms with van der Waals surface area (Å²) in [7, 11) is 0. The zero-order chi connectivity index (χ0) is 19.6. The molecule has 1 fully saturated rings. The summed E-state index contributed by atoms with van der Waals surface area (Å²) < 4.78 is 13.3. The molecule has 0 spiro atoms. The number of nitrogens with zero attached hydrogens (tertiary/aromatic N) is 3. The number of aromatic nitrogens is 3. The number of ketones is 1. The van der Waals surface area contributed by atoms with Gasteiger partial charge < -0.3 is 14.0 Å². The lowest BCUT2D eigenvalue weighted by Crippen LogP contribution is -2.16. The summed E-state index contributed by atoms with van der Waals surface area (Å²) in [6.45, 7) is 1.77. The van der Waals surface area contributed by atoms with Crippen LogP contribution in [0.5, 0.6) is 11.5 Å². The molecule has 3 aromatic rings. The Bertz CT molecular complexity index is 1030. The third-order valence-corrected chi connectivity index (χ3v) is 6.03. The molecule has 0 N–H and O–H groups in total. The molecular weight excluding hydrogens is 386 g/mol. The predicted octanol–water partition coefficient (Wildman–Crippen LogP) is 3.95. The van der Waals surface area contributed by atoms with Crippen LogP contribution in [0, 0.1) is 0 Å². The van der Waals surface area contributed by atoms with E-state index in [1.165, 1.54) is 17.3 Å². The van der Waals surface area contributed by atoms with Crippen LogP contribution in [0.4, 0.5) is 0 Å². The molecule has 1 aliphatic carbocycles. The fraction of sp³-hybridized carbons (Fsp3) is 0.318. The highest BCUT2D eigenvalue weighted by Gasteiger charge is 2.30. The van der Waals surface area contributed by atoms with Gasteiger partial charge in [0.15, 0.2) is 22.4 Å². The minimum Gasteiger partial charge on any atom is -0.486 e. The first-order valence-corrected chi connectivity index (χ1v) is 10.8. The molecule has 2 aromatic carbocycles. The first-order chi connectivity index (χ1) is 14.3. The number of rotatable bonds is 7. The first-order valence-electron chi connectivity index (χ1n) is 9.80. The van der Waals surface area contributed by atoms with Crippen molar-refractivity contribution in [3.05, 3.63) is 65.5 Å². The predicted molar refractivity (Wildman–Crippen MR) is 110 cm³/mol. The first kappa shape index (κ1) is 18.2. The van der Waals surface area contributed by atoms with Crippen LogP contribution in [-0.2, 0) is 6.54 Å². The molecule has 29 heavy (non-hydrogen) atoms. The molecular formula is C22H21N3O3S. The fourth-order valence-corrected chi connectivity index (χ4v) is 4.23. The quantitative estimate of drug-likeness (QED) is 0.436. The monoisotopic (exact) mass is 407 g/mol. The Hall–Kier alpha value is -2.80. The molecule has 0 amide bonds. The van der Waals surface area contributed by atoms with E-state index < -0.39 is 0 Å². The van der Waals surface area contributed by atoms with E-state index in [1.54, 1.807) is 18.2 Å². The number of Topliss-reactive ketones (excluding diaryl/α,β-unsaturated/α-hetero) is 1. The van der Waals surface area contributed by atoms with Gasteiger partial charge in [0.25, 0.3) is 0 Å². The maximum atomic E-state index is 12.8. The van der Waals surface area contributed by atoms with Gasteiger partial charge in [-0.15, -0.1) is 10.2 Å². The molecule has 148 valence electrons. The van der Waals surface area contributed by atoms with Crippen molar-refractivity contribution in [1.29, 1.82) is 0 Å². The van der Waals surface area contributed by atoms with Crippen LogP contribution in [0.3, 0.4) is 0 Å². The van der Waals surface area contributed by atoms with Crippen molar-refractivity contribution in [2.24, 2.45) is 0 Å². The molecule has 0 radical (unpaired) electrons. The molecule has 1 saturated carbocycles. The Morgan fingerprint density at radius 1 is 1.03 bits per heavy atom. The van der Waals surface area contributed by atoms with Crippen LogP contribution in [0.15, 0.2) is 53.7 Å². The average Bonchev–Trinajstić information content (AvgIpc) is 3.54. The maximum absolute atomic E-state index is 12.8. The molecule has 1 aromatic heterocycles. The molecule has 0 bridgehead atoms. The van der Waals surface area contributed by atoms with Gasteiger partial charge in [-0.3, -0.25) is 4.79 Å². The van der Waals surface area contributed by atoms with Gasteiger partial charge in [0.2, 0.25) is 0 Å². The normalized spacial score (nSPS) is 15.3. The van der Waals surface area contributed by atoms with E-state index in [0.717, 1.165) is 30.4 Å². The number of benzene rings is 2. The highest BCUT2D eigenvalue weighted by atomic mass is 32.2. The van der Waals surface area contributed by atoms with Crippen LogP contribution in [0.1, 0.15) is 40.5 Å². The van der Waals surface area contributed by atoms with Gasteiger partial charge in [-0.25, -0.2) is 0 Å². The largest absolute Gasteiger partial charge is 0.486 e. The lowest BCUT2D eigenvalue weighted by atomic mass is 10.1. The highest BCUT2D eigenvalue weighted by molar-refractivity contribution is 7.99. The molecule has 0 unspecified atom stereocenters. The van der Waals surface area contributed by atoms with Gasteiger partial charge in [0.05, 0.1) is 12.3 Å². The third kappa shape index (κ3) is 4.00. The summed E-state index contributed by atoms with van der Waals surface area (Å²) in [5, 5.41) is 9.61. The van der Waals surface area contributed by atoms with E-state index in [0.29, 0.717) is 41.9 Å². The summed E-state index contributed by atoms with van der Waals surface area (Å²) in [5.74, 6) is 3.19. The van der Waals surface area contributed by atoms with E-state index in [9.17, 15) is 4.79 Å². The second kappa shape index (κ2) is 7.91. The summed E-state index contributed by atoms with van der Waals surface area (Å²) in [6, 6.07) is 15.7. The molecule has 2 heterocycles. The number of hydrogen-bond donors (Lipinski definition) is 0. The van der Waals surface area contributed by atoms with Crippen molar-refractivity contribution < 1.29 is 14.3 Å². The van der Waals surface area contributed by atoms with Crippen LogP contribution in [0.25, 0.3) is 0 Å². The van der Waals surface area contributed by atoms with Crippen LogP contribution < -0.4 is 9.47 Å². The van der Waals surface area contributed by atoms with Gasteiger partial charge in [0, 0.05) is 11.5 Å². The standard InChI is InChI=1S/C22H21N3O3S/c26-18(17-8-9-19-20(12-17)28-11-10-27-19)14-29-22-24-23-21(16-6-7-16)25(22)13-15-4-2-1-3-5-15/h1-5,8-9,12,16H,6-7,10-11,13-14H2. The summed E-state index contributed by atoms with van der Waals surface area (Å²) in [4.78, 5) is 12.8. The average molecular weight is 407 g/mol. The summed E-state index contributed by atoms with van der Waals surface area (Å²) >= 11 is 1.44. The minimum absolute atomic E-state index is 0.0363. The Balaban J connectivity index is 1.32. The molecule has 5 rings (SSSR count). The van der Waals surface area contributed by atoms with Crippen molar-refractivity contribution in [3.8, 4) is 11.5 Å². The molecule has 0 saturated heterocycles. The van der Waals surface area contributed by atoms with Crippen LogP contribution in [0.2, 0.25) is 0 Å². The molecule has 0 atom stereocenters. The second-order valence-electron chi connectivity index (χ2n) is 7.26. The maximum Gasteiger partial charge on any atom is 0.191 e. The number of carbonyl (C=O) groups excluding carboxylic acids is 1. The Morgan fingerprint density at radius 2 is 1.83 bits per heavy atom. The van der Waals surface area contributed by atoms with Crippen LogP contribution >= 0.6 is 11.8 Å². The van der Waals surface area contributed by atoms with E-state index in [-0.39, 0.29) is 5.78 Å². The molecule has 2 aliphatic rings. The van der Waals surface area contributed by atoms with E-state index in [2.05, 4.69) is 26.9 Å². The Kier molecular flexibility index (Phi) is 4.97.